The number of pyridine rings is 1. The maximum Gasteiger partial charge on any atom is 0.0695 e. The fourth-order valence-electron chi connectivity index (χ4n) is 1.66. The van der Waals surface area contributed by atoms with Gasteiger partial charge in [-0.25, -0.2) is 0 Å². The van der Waals surface area contributed by atoms with Crippen LogP contribution in [0.1, 0.15) is 22.4 Å². The summed E-state index contributed by atoms with van der Waals surface area (Å²) in [6, 6.07) is 11.9. The topological polar surface area (TPSA) is 12.9 Å². The van der Waals surface area contributed by atoms with Gasteiger partial charge < -0.3 is 0 Å². The van der Waals surface area contributed by atoms with Crippen molar-refractivity contribution in [3.8, 4) is 0 Å². The molecule has 100 valence electrons. The minimum atomic E-state index is 0.887. The summed E-state index contributed by atoms with van der Waals surface area (Å²) < 4.78 is 0. The van der Waals surface area contributed by atoms with E-state index in [1.54, 1.807) is 18.3 Å². The molecule has 1 aromatic carbocycles. The van der Waals surface area contributed by atoms with Crippen LogP contribution >= 0.6 is 0 Å². The second-order valence-corrected chi connectivity index (χ2v) is 3.92. The van der Waals surface area contributed by atoms with Gasteiger partial charge in [0.15, 0.2) is 0 Å². The molecule has 1 heteroatoms. The molecule has 0 unspecified atom stereocenters. The van der Waals surface area contributed by atoms with Crippen molar-refractivity contribution in [1.29, 1.82) is 0 Å². The van der Waals surface area contributed by atoms with Crippen LogP contribution in [0, 0.1) is 0 Å². The van der Waals surface area contributed by atoms with E-state index in [0.29, 0.717) is 0 Å². The Morgan fingerprint density at radius 1 is 0.650 bits per heavy atom. The molecule has 20 heavy (non-hydrogen) atoms. The number of benzene rings is 1. The third-order valence-electron chi connectivity index (χ3n) is 2.72. The average Bonchev–Trinajstić information content (AvgIpc) is 2.55. The van der Waals surface area contributed by atoms with E-state index in [9.17, 15) is 0 Å². The molecule has 0 saturated heterocycles. The van der Waals surface area contributed by atoms with Gasteiger partial charge in [-0.3, -0.25) is 4.98 Å². The fourth-order valence-corrected chi connectivity index (χ4v) is 1.66. The second-order valence-electron chi connectivity index (χ2n) is 3.92. The molecule has 1 nitrogen and oxygen atoms in total. The van der Waals surface area contributed by atoms with Gasteiger partial charge in [0.2, 0.25) is 0 Å². The van der Waals surface area contributed by atoms with Gasteiger partial charge in [-0.15, -0.1) is 0 Å². The number of rotatable bonds is 4. The molecular weight excluding hydrogens is 242 g/mol. The van der Waals surface area contributed by atoms with Crippen LogP contribution in [0.5, 0.6) is 0 Å². The highest BCUT2D eigenvalue weighted by Gasteiger charge is 1.91. The Morgan fingerprint density at radius 3 is 1.55 bits per heavy atom. The van der Waals surface area contributed by atoms with Crippen molar-refractivity contribution in [2.24, 2.45) is 0 Å². The van der Waals surface area contributed by atoms with Crippen LogP contribution in [0.2, 0.25) is 0 Å². The SMILES string of the molecule is C=Cc1ccccc1C=C.C=Cc1cccnc1C=C. The van der Waals surface area contributed by atoms with Gasteiger partial charge >= 0.3 is 0 Å². The first-order valence-electron chi connectivity index (χ1n) is 6.30. The van der Waals surface area contributed by atoms with E-state index in [2.05, 4.69) is 31.3 Å². The lowest BCUT2D eigenvalue weighted by molar-refractivity contribution is 1.28. The minimum Gasteiger partial charge on any atom is -0.256 e. The summed E-state index contributed by atoms with van der Waals surface area (Å²) in [5, 5.41) is 0. The van der Waals surface area contributed by atoms with Gasteiger partial charge in [0, 0.05) is 6.20 Å². The monoisotopic (exact) mass is 261 g/mol. The standard InChI is InChI=1S/C10H10.C9H9N/c1-3-9-7-5-6-8-10(9)4-2;1-3-8-6-5-7-10-9(8)4-2/h3-8H,1-2H2;3-7H,1-2H2. The highest BCUT2D eigenvalue weighted by molar-refractivity contribution is 5.63. The Morgan fingerprint density at radius 2 is 1.15 bits per heavy atom. The van der Waals surface area contributed by atoms with E-state index in [1.807, 2.05) is 48.6 Å². The van der Waals surface area contributed by atoms with E-state index in [4.69, 9.17) is 0 Å². The first-order chi connectivity index (χ1) is 9.76. The number of hydrogen-bond acceptors (Lipinski definition) is 1. The van der Waals surface area contributed by atoms with Crippen LogP contribution in [-0.2, 0) is 0 Å². The van der Waals surface area contributed by atoms with Crippen molar-refractivity contribution in [3.05, 3.63) is 91.3 Å². The first-order valence-corrected chi connectivity index (χ1v) is 6.30. The molecule has 1 heterocycles. The highest BCUT2D eigenvalue weighted by atomic mass is 14.7. The molecule has 0 N–H and O–H groups in total. The van der Waals surface area contributed by atoms with E-state index >= 15 is 0 Å². The van der Waals surface area contributed by atoms with Crippen molar-refractivity contribution in [3.63, 3.8) is 0 Å². The predicted molar refractivity (Wildman–Crippen MR) is 91.0 cm³/mol. The van der Waals surface area contributed by atoms with E-state index in [-0.39, 0.29) is 0 Å². The molecule has 0 aliphatic heterocycles. The third kappa shape index (κ3) is 4.21. The van der Waals surface area contributed by atoms with Gasteiger partial charge in [-0.2, -0.15) is 0 Å². The molecule has 0 fully saturated rings. The fraction of sp³-hybridized carbons (Fsp3) is 0. The van der Waals surface area contributed by atoms with Gasteiger partial charge in [0.1, 0.15) is 0 Å². The molecular formula is C19H19N. The Balaban J connectivity index is 0.000000200. The zero-order valence-electron chi connectivity index (χ0n) is 11.6. The van der Waals surface area contributed by atoms with Crippen molar-refractivity contribution < 1.29 is 0 Å². The maximum atomic E-state index is 4.08. The summed E-state index contributed by atoms with van der Waals surface area (Å²) in [7, 11) is 0. The molecule has 1 aromatic heterocycles. The van der Waals surface area contributed by atoms with Crippen LogP contribution in [0.25, 0.3) is 24.3 Å². The minimum absolute atomic E-state index is 0.887. The predicted octanol–water partition coefficient (Wildman–Crippen LogP) is 5.34. The number of aromatic nitrogens is 1. The van der Waals surface area contributed by atoms with Crippen molar-refractivity contribution in [2.45, 2.75) is 0 Å². The van der Waals surface area contributed by atoms with Gasteiger partial charge in [-0.1, -0.05) is 74.9 Å². The average molecular weight is 261 g/mol. The molecule has 0 radical (unpaired) electrons. The molecule has 2 rings (SSSR count). The number of hydrogen-bond donors (Lipinski definition) is 0. The van der Waals surface area contributed by atoms with Crippen molar-refractivity contribution in [2.75, 3.05) is 0 Å². The van der Waals surface area contributed by atoms with Crippen LogP contribution in [0.15, 0.2) is 68.9 Å². The van der Waals surface area contributed by atoms with E-state index < -0.39 is 0 Å². The lowest BCUT2D eigenvalue weighted by Gasteiger charge is -1.96. The van der Waals surface area contributed by atoms with Crippen LogP contribution in [0.4, 0.5) is 0 Å². The molecule has 0 atom stereocenters. The van der Waals surface area contributed by atoms with Gasteiger partial charge in [0.25, 0.3) is 0 Å². The zero-order chi connectivity index (χ0) is 14.8. The summed E-state index contributed by atoms with van der Waals surface area (Å²) >= 11 is 0. The first kappa shape index (κ1) is 15.4. The third-order valence-corrected chi connectivity index (χ3v) is 2.72. The summed E-state index contributed by atoms with van der Waals surface area (Å²) in [5.74, 6) is 0. The lowest BCUT2D eigenvalue weighted by atomic mass is 10.1. The molecule has 0 bridgehead atoms. The Bertz CT molecular complexity index is 499. The van der Waals surface area contributed by atoms with E-state index in [0.717, 1.165) is 22.4 Å². The molecule has 0 aliphatic rings. The van der Waals surface area contributed by atoms with Crippen molar-refractivity contribution >= 4 is 24.3 Å². The molecule has 0 saturated carbocycles. The van der Waals surface area contributed by atoms with Gasteiger partial charge in [-0.05, 0) is 28.8 Å². The maximum absolute atomic E-state index is 4.08. The van der Waals surface area contributed by atoms with Crippen LogP contribution in [0.3, 0.4) is 0 Å². The normalized spacial score (nSPS) is 8.80. The summed E-state index contributed by atoms with van der Waals surface area (Å²) in [6.45, 7) is 14.7. The molecule has 2 aromatic rings. The summed E-state index contributed by atoms with van der Waals surface area (Å²) in [6.07, 6.45) is 8.89. The summed E-state index contributed by atoms with van der Waals surface area (Å²) in [5.41, 5.74) is 4.19. The Hall–Kier alpha value is -2.67. The Labute approximate surface area is 121 Å². The Kier molecular flexibility index (Phi) is 6.49. The molecule has 0 amide bonds. The molecule has 0 spiro atoms. The zero-order valence-corrected chi connectivity index (χ0v) is 11.6. The second kappa shape index (κ2) is 8.44. The van der Waals surface area contributed by atoms with Gasteiger partial charge in [0.05, 0.1) is 5.69 Å². The van der Waals surface area contributed by atoms with Crippen LogP contribution < -0.4 is 0 Å². The molecule has 0 aliphatic carbocycles. The quantitative estimate of drug-likeness (QED) is 0.724. The van der Waals surface area contributed by atoms with Crippen molar-refractivity contribution in [1.82, 2.24) is 4.98 Å². The largest absolute Gasteiger partial charge is 0.256 e. The number of nitrogens with zero attached hydrogens (tertiary/aromatic N) is 1. The van der Waals surface area contributed by atoms with Crippen LogP contribution in [-0.4, -0.2) is 4.98 Å². The smallest absolute Gasteiger partial charge is 0.0695 e. The highest BCUT2D eigenvalue weighted by Crippen LogP contribution is 2.10. The lowest BCUT2D eigenvalue weighted by Crippen LogP contribution is -1.82. The summed E-state index contributed by atoms with van der Waals surface area (Å²) in [4.78, 5) is 4.08. The van der Waals surface area contributed by atoms with E-state index in [1.165, 1.54) is 0 Å².